The molecule has 1 unspecified atom stereocenters. The topological polar surface area (TPSA) is 96.2 Å². The van der Waals surface area contributed by atoms with Crippen molar-refractivity contribution in [1.29, 1.82) is 0 Å². The first-order valence-electron chi connectivity index (χ1n) is 7.89. The summed E-state index contributed by atoms with van der Waals surface area (Å²) >= 11 is 0. The van der Waals surface area contributed by atoms with E-state index in [-0.39, 0.29) is 31.3 Å². The van der Waals surface area contributed by atoms with Crippen LogP contribution in [0.25, 0.3) is 0 Å². The molecule has 1 aliphatic heterocycles. The zero-order chi connectivity index (χ0) is 15.0. The van der Waals surface area contributed by atoms with Crippen molar-refractivity contribution in [2.24, 2.45) is 11.8 Å². The Bertz CT molecular complexity index is 382. The van der Waals surface area contributed by atoms with Crippen molar-refractivity contribution in [2.75, 3.05) is 6.61 Å². The predicted octanol–water partition coefficient (Wildman–Crippen LogP) is 0.895. The van der Waals surface area contributed by atoms with Crippen LogP contribution < -0.4 is 0 Å². The number of aliphatic hydroxyl groups excluding tert-OH is 1. The lowest BCUT2D eigenvalue weighted by Gasteiger charge is -2.40. The zero-order valence-electron chi connectivity index (χ0n) is 12.1. The van der Waals surface area contributed by atoms with Gasteiger partial charge >= 0.3 is 5.97 Å². The maximum absolute atomic E-state index is 11.0. The highest BCUT2D eigenvalue weighted by atomic mass is 16.7. The van der Waals surface area contributed by atoms with E-state index < -0.39 is 30.1 Å². The average molecular weight is 300 g/mol. The Morgan fingerprint density at radius 1 is 1.19 bits per heavy atom. The zero-order valence-corrected chi connectivity index (χ0v) is 12.1. The van der Waals surface area contributed by atoms with Gasteiger partial charge in [0.1, 0.15) is 0 Å². The van der Waals surface area contributed by atoms with Crippen LogP contribution in [0, 0.1) is 11.8 Å². The summed E-state index contributed by atoms with van der Waals surface area (Å²) in [7, 11) is 0. The van der Waals surface area contributed by atoms with Gasteiger partial charge in [0, 0.05) is 12.8 Å². The van der Waals surface area contributed by atoms with Crippen LogP contribution in [-0.4, -0.2) is 52.0 Å². The second-order valence-corrected chi connectivity index (χ2v) is 6.72. The van der Waals surface area contributed by atoms with E-state index in [0.29, 0.717) is 0 Å². The van der Waals surface area contributed by atoms with Crippen molar-refractivity contribution in [3.8, 4) is 0 Å². The highest BCUT2D eigenvalue weighted by Gasteiger charge is 2.51. The summed E-state index contributed by atoms with van der Waals surface area (Å²) in [5.74, 6) is -0.529. The van der Waals surface area contributed by atoms with Gasteiger partial charge in [-0.25, -0.2) is 4.79 Å². The Labute approximate surface area is 124 Å². The van der Waals surface area contributed by atoms with E-state index in [4.69, 9.17) is 14.6 Å². The van der Waals surface area contributed by atoms with Crippen molar-refractivity contribution < 1.29 is 29.6 Å². The largest absolute Gasteiger partial charge is 0.479 e. The van der Waals surface area contributed by atoms with Gasteiger partial charge in [-0.15, -0.1) is 0 Å². The molecule has 0 aromatic rings. The summed E-state index contributed by atoms with van der Waals surface area (Å²) in [5.41, 5.74) is -0.803. The minimum atomic E-state index is -1.08. The van der Waals surface area contributed by atoms with Crippen LogP contribution in [0.4, 0.5) is 0 Å². The second kappa shape index (κ2) is 5.83. The summed E-state index contributed by atoms with van der Waals surface area (Å²) in [6, 6.07) is 0. The normalized spacial score (nSPS) is 46.5. The highest BCUT2D eigenvalue weighted by molar-refractivity contribution is 5.72. The van der Waals surface area contributed by atoms with Gasteiger partial charge in [0.05, 0.1) is 18.3 Å². The molecule has 0 aromatic heterocycles. The molecule has 0 aromatic carbocycles. The second-order valence-electron chi connectivity index (χ2n) is 6.72. The molecule has 0 radical (unpaired) electrons. The van der Waals surface area contributed by atoms with Crippen molar-refractivity contribution >= 4 is 5.97 Å². The SMILES string of the molecule is O=C(O)[C@@H]1C[C@H](O)C[C@H](OC[C@@]2(O)C3CCC[C@@H]2CC3)O1. The molecule has 3 N–H and O–H groups in total. The van der Waals surface area contributed by atoms with Crippen LogP contribution in [0.5, 0.6) is 0 Å². The molecule has 0 amide bonds. The summed E-state index contributed by atoms with van der Waals surface area (Å²) < 4.78 is 11.0. The first-order chi connectivity index (χ1) is 9.99. The summed E-state index contributed by atoms with van der Waals surface area (Å²) in [4.78, 5) is 11.0. The van der Waals surface area contributed by atoms with Crippen molar-refractivity contribution in [1.82, 2.24) is 0 Å². The van der Waals surface area contributed by atoms with Gasteiger partial charge in [0.15, 0.2) is 12.4 Å². The van der Waals surface area contributed by atoms with Crippen molar-refractivity contribution in [3.63, 3.8) is 0 Å². The molecule has 0 spiro atoms. The number of carbonyl (C=O) groups is 1. The molecule has 6 heteroatoms. The fraction of sp³-hybridized carbons (Fsp3) is 0.933. The van der Waals surface area contributed by atoms with E-state index in [2.05, 4.69) is 0 Å². The Morgan fingerprint density at radius 3 is 2.48 bits per heavy atom. The quantitative estimate of drug-likeness (QED) is 0.713. The molecule has 2 saturated carbocycles. The molecule has 120 valence electrons. The molecule has 2 bridgehead atoms. The van der Waals surface area contributed by atoms with Crippen LogP contribution in [0.2, 0.25) is 0 Å². The van der Waals surface area contributed by atoms with Gasteiger partial charge in [-0.1, -0.05) is 6.42 Å². The number of ether oxygens (including phenoxy) is 2. The first kappa shape index (κ1) is 15.2. The number of hydrogen-bond acceptors (Lipinski definition) is 5. The predicted molar refractivity (Wildman–Crippen MR) is 72.5 cm³/mol. The fourth-order valence-electron chi connectivity index (χ4n) is 4.22. The van der Waals surface area contributed by atoms with Crippen LogP contribution in [0.1, 0.15) is 44.9 Å². The minimum Gasteiger partial charge on any atom is -0.479 e. The van der Waals surface area contributed by atoms with Gasteiger partial charge in [-0.3, -0.25) is 0 Å². The van der Waals surface area contributed by atoms with Crippen LogP contribution in [0.3, 0.4) is 0 Å². The molecule has 3 rings (SSSR count). The molecule has 3 fully saturated rings. The number of carboxylic acids is 1. The molecule has 2 aliphatic carbocycles. The molecular formula is C15H24O6. The lowest BCUT2D eigenvalue weighted by molar-refractivity contribution is -0.244. The molecule has 6 atom stereocenters. The third-order valence-electron chi connectivity index (χ3n) is 5.43. The van der Waals surface area contributed by atoms with Crippen LogP contribution >= 0.6 is 0 Å². The summed E-state index contributed by atoms with van der Waals surface area (Å²) in [6.45, 7) is 0.173. The van der Waals surface area contributed by atoms with Crippen LogP contribution in [-0.2, 0) is 14.3 Å². The highest BCUT2D eigenvalue weighted by Crippen LogP contribution is 2.49. The number of hydrogen-bond donors (Lipinski definition) is 3. The molecule has 1 heterocycles. The van der Waals surface area contributed by atoms with Gasteiger partial charge in [0.2, 0.25) is 0 Å². The van der Waals surface area contributed by atoms with Crippen LogP contribution in [0.15, 0.2) is 0 Å². The van der Waals surface area contributed by atoms with E-state index in [1.165, 1.54) is 0 Å². The number of rotatable bonds is 4. The molecule has 3 aliphatic rings. The van der Waals surface area contributed by atoms with Crippen molar-refractivity contribution in [2.45, 2.75) is 69.0 Å². The Balaban J connectivity index is 1.58. The summed E-state index contributed by atoms with van der Waals surface area (Å²) in [5, 5.41) is 29.6. The number of carboxylic acid groups (broad SMARTS) is 1. The van der Waals surface area contributed by atoms with E-state index in [9.17, 15) is 15.0 Å². The summed E-state index contributed by atoms with van der Waals surface area (Å²) in [6.07, 6.45) is 3.13. The average Bonchev–Trinajstić information content (AvgIpc) is 2.65. The Hall–Kier alpha value is -0.690. The lowest BCUT2D eigenvalue weighted by Crippen LogP contribution is -2.49. The smallest absolute Gasteiger partial charge is 0.333 e. The maximum Gasteiger partial charge on any atom is 0.333 e. The van der Waals surface area contributed by atoms with E-state index in [1.54, 1.807) is 0 Å². The standard InChI is InChI=1S/C15H24O6/c16-11-6-12(14(17)18)21-13(7-11)20-8-15(19)9-2-1-3-10(15)5-4-9/h9-13,16,19H,1-8H2,(H,17,18)/t9-,10?,11+,12+,13-,15+/m1/s1. The first-order valence-corrected chi connectivity index (χ1v) is 7.89. The van der Waals surface area contributed by atoms with Crippen molar-refractivity contribution in [3.05, 3.63) is 0 Å². The monoisotopic (exact) mass is 300 g/mol. The minimum absolute atomic E-state index is 0.0880. The maximum atomic E-state index is 11.0. The fourth-order valence-corrected chi connectivity index (χ4v) is 4.22. The number of fused-ring (bicyclic) bond motifs is 2. The van der Waals surface area contributed by atoms with Gasteiger partial charge in [-0.05, 0) is 37.5 Å². The Kier molecular flexibility index (Phi) is 4.23. The van der Waals surface area contributed by atoms with E-state index in [1.807, 2.05) is 0 Å². The lowest BCUT2D eigenvalue weighted by atomic mass is 9.75. The van der Waals surface area contributed by atoms with Gasteiger partial charge in [-0.2, -0.15) is 0 Å². The number of aliphatic carboxylic acids is 1. The molecule has 21 heavy (non-hydrogen) atoms. The van der Waals surface area contributed by atoms with Gasteiger partial charge < -0.3 is 24.8 Å². The molecule has 6 nitrogen and oxygen atoms in total. The van der Waals surface area contributed by atoms with E-state index in [0.717, 1.165) is 32.1 Å². The molecule has 1 saturated heterocycles. The Morgan fingerprint density at radius 2 is 1.86 bits per heavy atom. The third kappa shape index (κ3) is 2.95. The van der Waals surface area contributed by atoms with Gasteiger partial charge in [0.25, 0.3) is 0 Å². The number of aliphatic hydroxyl groups is 2. The molecular weight excluding hydrogens is 276 g/mol. The van der Waals surface area contributed by atoms with E-state index >= 15 is 0 Å². The third-order valence-corrected chi connectivity index (χ3v) is 5.43.